The van der Waals surface area contributed by atoms with E-state index >= 15 is 0 Å². The van der Waals surface area contributed by atoms with Crippen LogP contribution < -0.4 is 10.6 Å². The zero-order valence-electron chi connectivity index (χ0n) is 15.1. The van der Waals surface area contributed by atoms with Crippen LogP contribution in [0.5, 0.6) is 0 Å². The van der Waals surface area contributed by atoms with E-state index in [9.17, 15) is 18.4 Å². The first-order valence-corrected chi connectivity index (χ1v) is 8.73. The molecule has 0 spiro atoms. The van der Waals surface area contributed by atoms with Crippen molar-refractivity contribution in [2.75, 3.05) is 10.6 Å². The van der Waals surface area contributed by atoms with Crippen LogP contribution in [-0.4, -0.2) is 11.8 Å². The Bertz CT molecular complexity index is 1020. The zero-order chi connectivity index (χ0) is 20.1. The SMILES string of the molecule is CCc1ccccc1NC(=O)c1ccc(C(=O)Nc2ccc(F)c(F)c2)cc1. The molecule has 0 saturated heterocycles. The number of carbonyl (C=O) groups excluding carboxylic acids is 2. The predicted octanol–water partition coefficient (Wildman–Crippen LogP) is 5.03. The predicted molar refractivity (Wildman–Crippen MR) is 105 cm³/mol. The molecule has 0 fully saturated rings. The molecule has 0 aliphatic rings. The Kier molecular flexibility index (Phi) is 5.79. The zero-order valence-corrected chi connectivity index (χ0v) is 15.1. The van der Waals surface area contributed by atoms with Gasteiger partial charge >= 0.3 is 0 Å². The average molecular weight is 380 g/mol. The molecule has 6 heteroatoms. The minimum atomic E-state index is -1.04. The summed E-state index contributed by atoms with van der Waals surface area (Å²) in [6, 6.07) is 16.7. The number of halogens is 2. The molecule has 2 N–H and O–H groups in total. The molecular weight excluding hydrogens is 362 g/mol. The second-order valence-corrected chi connectivity index (χ2v) is 6.13. The molecule has 0 bridgehead atoms. The van der Waals surface area contributed by atoms with Gasteiger partial charge in [-0.05, 0) is 54.4 Å². The van der Waals surface area contributed by atoms with Crippen molar-refractivity contribution in [3.8, 4) is 0 Å². The summed E-state index contributed by atoms with van der Waals surface area (Å²) in [5.74, 6) is -2.81. The van der Waals surface area contributed by atoms with E-state index in [-0.39, 0.29) is 17.2 Å². The maximum atomic E-state index is 13.2. The number of hydrogen-bond donors (Lipinski definition) is 2. The number of rotatable bonds is 5. The lowest BCUT2D eigenvalue weighted by Crippen LogP contribution is -2.15. The second kappa shape index (κ2) is 8.43. The van der Waals surface area contributed by atoms with Crippen molar-refractivity contribution in [3.63, 3.8) is 0 Å². The first-order valence-electron chi connectivity index (χ1n) is 8.73. The number of hydrogen-bond acceptors (Lipinski definition) is 2. The van der Waals surface area contributed by atoms with Gasteiger partial charge in [-0.2, -0.15) is 0 Å². The van der Waals surface area contributed by atoms with Crippen molar-refractivity contribution >= 4 is 23.2 Å². The van der Waals surface area contributed by atoms with Gasteiger partial charge in [0.1, 0.15) is 0 Å². The summed E-state index contributed by atoms with van der Waals surface area (Å²) in [5, 5.41) is 5.34. The first kappa shape index (κ1) is 19.2. The van der Waals surface area contributed by atoms with Crippen LogP contribution in [0.25, 0.3) is 0 Å². The van der Waals surface area contributed by atoms with Crippen molar-refractivity contribution in [2.24, 2.45) is 0 Å². The molecular formula is C22H18F2N2O2. The Morgan fingerprint density at radius 2 is 1.39 bits per heavy atom. The van der Waals surface area contributed by atoms with Crippen molar-refractivity contribution < 1.29 is 18.4 Å². The molecule has 3 rings (SSSR count). The Hall–Kier alpha value is -3.54. The Balaban J connectivity index is 1.69. The third-order valence-corrected chi connectivity index (χ3v) is 4.23. The Morgan fingerprint density at radius 3 is 2.00 bits per heavy atom. The molecule has 0 aromatic heterocycles. The van der Waals surface area contributed by atoms with Gasteiger partial charge in [-0.15, -0.1) is 0 Å². The van der Waals surface area contributed by atoms with Crippen LogP contribution in [0.1, 0.15) is 33.2 Å². The smallest absolute Gasteiger partial charge is 0.255 e. The minimum absolute atomic E-state index is 0.141. The fourth-order valence-corrected chi connectivity index (χ4v) is 2.70. The van der Waals surface area contributed by atoms with Gasteiger partial charge in [-0.3, -0.25) is 9.59 Å². The number of carbonyl (C=O) groups is 2. The number of para-hydroxylation sites is 1. The highest BCUT2D eigenvalue weighted by Gasteiger charge is 2.12. The molecule has 3 aromatic rings. The van der Waals surface area contributed by atoms with Crippen molar-refractivity contribution in [1.82, 2.24) is 0 Å². The summed E-state index contributed by atoms with van der Waals surface area (Å²) in [6.07, 6.45) is 0.791. The monoisotopic (exact) mass is 380 g/mol. The third kappa shape index (κ3) is 4.40. The van der Waals surface area contributed by atoms with E-state index in [1.54, 1.807) is 0 Å². The van der Waals surface area contributed by atoms with Crippen LogP contribution >= 0.6 is 0 Å². The van der Waals surface area contributed by atoms with E-state index in [4.69, 9.17) is 0 Å². The summed E-state index contributed by atoms with van der Waals surface area (Å²) < 4.78 is 26.2. The molecule has 0 aliphatic carbocycles. The number of amides is 2. The molecule has 0 radical (unpaired) electrons. The summed E-state index contributed by atoms with van der Waals surface area (Å²) >= 11 is 0. The molecule has 142 valence electrons. The van der Waals surface area contributed by atoms with Gasteiger partial charge in [0.05, 0.1) is 0 Å². The molecule has 0 atom stereocenters. The number of benzene rings is 3. The molecule has 0 unspecified atom stereocenters. The summed E-state index contributed by atoms with van der Waals surface area (Å²) in [6.45, 7) is 2.01. The van der Waals surface area contributed by atoms with E-state index in [1.165, 1.54) is 30.3 Å². The molecule has 28 heavy (non-hydrogen) atoms. The lowest BCUT2D eigenvalue weighted by molar-refractivity contribution is 0.101. The topological polar surface area (TPSA) is 58.2 Å². The first-order chi connectivity index (χ1) is 13.5. The highest BCUT2D eigenvalue weighted by molar-refractivity contribution is 6.07. The quantitative estimate of drug-likeness (QED) is 0.652. The van der Waals surface area contributed by atoms with Crippen molar-refractivity contribution in [2.45, 2.75) is 13.3 Å². The van der Waals surface area contributed by atoms with Crippen LogP contribution in [0.3, 0.4) is 0 Å². The van der Waals surface area contributed by atoms with E-state index in [2.05, 4.69) is 10.6 Å². The fraction of sp³-hybridized carbons (Fsp3) is 0.0909. The highest BCUT2D eigenvalue weighted by Crippen LogP contribution is 2.18. The van der Waals surface area contributed by atoms with E-state index in [0.29, 0.717) is 5.56 Å². The second-order valence-electron chi connectivity index (χ2n) is 6.13. The van der Waals surface area contributed by atoms with Crippen LogP contribution in [0.2, 0.25) is 0 Å². The van der Waals surface area contributed by atoms with Gasteiger partial charge in [0.2, 0.25) is 0 Å². The minimum Gasteiger partial charge on any atom is -0.322 e. The largest absolute Gasteiger partial charge is 0.322 e. The molecule has 2 amide bonds. The summed E-state index contributed by atoms with van der Waals surface area (Å²) in [7, 11) is 0. The molecule has 4 nitrogen and oxygen atoms in total. The standard InChI is InChI=1S/C22H18F2N2O2/c1-2-14-5-3-4-6-20(14)26-22(28)16-9-7-15(8-10-16)21(27)25-17-11-12-18(23)19(24)13-17/h3-13H,2H2,1H3,(H,25,27)(H,26,28). The highest BCUT2D eigenvalue weighted by atomic mass is 19.2. The number of aryl methyl sites for hydroxylation is 1. The van der Waals surface area contributed by atoms with E-state index in [0.717, 1.165) is 29.8 Å². The fourth-order valence-electron chi connectivity index (χ4n) is 2.70. The third-order valence-electron chi connectivity index (χ3n) is 4.23. The number of nitrogens with one attached hydrogen (secondary N) is 2. The Labute approximate surface area is 161 Å². The Morgan fingerprint density at radius 1 is 0.786 bits per heavy atom. The van der Waals surface area contributed by atoms with E-state index < -0.39 is 17.5 Å². The number of anilines is 2. The molecule has 3 aromatic carbocycles. The van der Waals surface area contributed by atoms with E-state index in [1.807, 2.05) is 31.2 Å². The van der Waals surface area contributed by atoms with Crippen LogP contribution in [0.15, 0.2) is 66.7 Å². The average Bonchev–Trinajstić information content (AvgIpc) is 2.71. The maximum absolute atomic E-state index is 13.2. The van der Waals surface area contributed by atoms with Crippen molar-refractivity contribution in [1.29, 1.82) is 0 Å². The molecule has 0 heterocycles. The van der Waals surface area contributed by atoms with Crippen LogP contribution in [-0.2, 0) is 6.42 Å². The molecule has 0 saturated carbocycles. The lowest BCUT2D eigenvalue weighted by atomic mass is 10.1. The summed E-state index contributed by atoms with van der Waals surface area (Å²) in [5.41, 5.74) is 2.60. The summed E-state index contributed by atoms with van der Waals surface area (Å²) in [4.78, 5) is 24.7. The molecule has 0 aliphatic heterocycles. The van der Waals surface area contributed by atoms with Crippen LogP contribution in [0.4, 0.5) is 20.2 Å². The van der Waals surface area contributed by atoms with Gasteiger partial charge in [-0.1, -0.05) is 25.1 Å². The van der Waals surface area contributed by atoms with Gasteiger partial charge in [-0.25, -0.2) is 8.78 Å². The van der Waals surface area contributed by atoms with Gasteiger partial charge in [0, 0.05) is 28.6 Å². The van der Waals surface area contributed by atoms with Gasteiger partial charge in [0.15, 0.2) is 11.6 Å². The maximum Gasteiger partial charge on any atom is 0.255 e. The lowest BCUT2D eigenvalue weighted by Gasteiger charge is -2.10. The van der Waals surface area contributed by atoms with Gasteiger partial charge in [0.25, 0.3) is 11.8 Å². The van der Waals surface area contributed by atoms with Crippen LogP contribution in [0, 0.1) is 11.6 Å². The van der Waals surface area contributed by atoms with Crippen molar-refractivity contribution in [3.05, 3.63) is 95.1 Å². The normalized spacial score (nSPS) is 10.4. The van der Waals surface area contributed by atoms with Gasteiger partial charge < -0.3 is 10.6 Å².